The molecule has 110 valence electrons. The van der Waals surface area contributed by atoms with Crippen molar-refractivity contribution < 1.29 is 18.0 Å². The van der Waals surface area contributed by atoms with Crippen molar-refractivity contribution in [1.82, 2.24) is 9.62 Å². The monoisotopic (exact) mass is 292 g/mol. The Morgan fingerprint density at radius 1 is 1.32 bits per heavy atom. The van der Waals surface area contributed by atoms with Crippen LogP contribution in [0, 0.1) is 0 Å². The predicted octanol–water partition coefficient (Wildman–Crippen LogP) is -2.27. The van der Waals surface area contributed by atoms with E-state index in [-0.39, 0.29) is 37.5 Å². The number of amides is 2. The molecule has 8 nitrogen and oxygen atoms in total. The van der Waals surface area contributed by atoms with Crippen LogP contribution in [-0.4, -0.2) is 56.6 Å². The van der Waals surface area contributed by atoms with Gasteiger partial charge in [-0.2, -0.15) is 0 Å². The molecular weight excluding hydrogens is 272 g/mol. The van der Waals surface area contributed by atoms with Crippen molar-refractivity contribution in [3.05, 3.63) is 0 Å². The summed E-state index contributed by atoms with van der Waals surface area (Å²) in [5.41, 5.74) is 10.7. The number of nitrogens with two attached hydrogens (primary N) is 2. The smallest absolute Gasteiger partial charge is 0.238 e. The van der Waals surface area contributed by atoms with E-state index in [2.05, 4.69) is 4.72 Å². The van der Waals surface area contributed by atoms with Gasteiger partial charge in [0.15, 0.2) is 0 Å². The largest absolute Gasteiger partial charge is 0.370 e. The summed E-state index contributed by atoms with van der Waals surface area (Å²) in [7, 11) is -3.43. The fourth-order valence-corrected chi connectivity index (χ4v) is 2.70. The summed E-state index contributed by atoms with van der Waals surface area (Å²) in [5.74, 6) is -0.874. The molecule has 1 fully saturated rings. The maximum atomic E-state index is 12.0. The number of carbonyl (C=O) groups is 2. The molecule has 5 N–H and O–H groups in total. The Labute approximate surface area is 112 Å². The fourth-order valence-electron chi connectivity index (χ4n) is 2.32. The Balaban J connectivity index is 2.72. The first-order valence-corrected chi connectivity index (χ1v) is 7.88. The molecule has 1 aliphatic rings. The van der Waals surface area contributed by atoms with E-state index < -0.39 is 15.9 Å². The predicted molar refractivity (Wildman–Crippen MR) is 69.4 cm³/mol. The quantitative estimate of drug-likeness (QED) is 0.507. The lowest BCUT2D eigenvalue weighted by Crippen LogP contribution is -2.49. The molecule has 1 heterocycles. The van der Waals surface area contributed by atoms with Gasteiger partial charge in [0.1, 0.15) is 0 Å². The van der Waals surface area contributed by atoms with Crippen LogP contribution in [0.5, 0.6) is 0 Å². The number of hydrogen-bond acceptors (Lipinski definition) is 5. The number of nitrogens with one attached hydrogen (secondary N) is 1. The summed E-state index contributed by atoms with van der Waals surface area (Å²) >= 11 is 0. The second-order valence-corrected chi connectivity index (χ2v) is 6.52. The van der Waals surface area contributed by atoms with Crippen LogP contribution in [0.15, 0.2) is 0 Å². The van der Waals surface area contributed by atoms with E-state index in [1.165, 1.54) is 4.90 Å². The molecule has 19 heavy (non-hydrogen) atoms. The molecule has 0 aliphatic carbocycles. The lowest BCUT2D eigenvalue weighted by atomic mass is 10.1. The zero-order valence-electron chi connectivity index (χ0n) is 10.8. The maximum Gasteiger partial charge on any atom is 0.238 e. The Morgan fingerprint density at radius 3 is 2.37 bits per heavy atom. The molecule has 1 rings (SSSR count). The molecule has 0 unspecified atom stereocenters. The number of hydrogen-bond donors (Lipinski definition) is 3. The van der Waals surface area contributed by atoms with Crippen molar-refractivity contribution in [3.8, 4) is 0 Å². The lowest BCUT2D eigenvalue weighted by molar-refractivity contribution is -0.133. The molecule has 0 aromatic heterocycles. The van der Waals surface area contributed by atoms with Gasteiger partial charge < -0.3 is 16.4 Å². The van der Waals surface area contributed by atoms with Crippen LogP contribution in [-0.2, 0) is 19.6 Å². The van der Waals surface area contributed by atoms with E-state index in [1.54, 1.807) is 0 Å². The third-order valence-corrected chi connectivity index (χ3v) is 3.77. The minimum atomic E-state index is -3.43. The SMILES string of the molecule is CS(=O)(=O)NCC(=O)N1[C@H](CN)CC[C@@H]1CC(N)=O. The van der Waals surface area contributed by atoms with E-state index in [4.69, 9.17) is 11.5 Å². The third kappa shape index (κ3) is 4.77. The highest BCUT2D eigenvalue weighted by molar-refractivity contribution is 7.88. The van der Waals surface area contributed by atoms with Gasteiger partial charge in [-0.05, 0) is 12.8 Å². The van der Waals surface area contributed by atoms with E-state index in [9.17, 15) is 18.0 Å². The molecule has 0 saturated carbocycles. The Kier molecular flexibility index (Phi) is 5.27. The summed E-state index contributed by atoms with van der Waals surface area (Å²) in [6.07, 6.45) is 2.39. The van der Waals surface area contributed by atoms with Crippen LogP contribution < -0.4 is 16.2 Å². The second-order valence-electron chi connectivity index (χ2n) is 4.69. The molecule has 2 atom stereocenters. The van der Waals surface area contributed by atoms with Crippen molar-refractivity contribution in [2.45, 2.75) is 31.3 Å². The normalized spacial score (nSPS) is 23.6. The maximum absolute atomic E-state index is 12.0. The van der Waals surface area contributed by atoms with Gasteiger partial charge >= 0.3 is 0 Å². The zero-order chi connectivity index (χ0) is 14.6. The minimum Gasteiger partial charge on any atom is -0.370 e. The molecule has 0 spiro atoms. The lowest BCUT2D eigenvalue weighted by Gasteiger charge is -2.29. The number of rotatable bonds is 6. The topological polar surface area (TPSA) is 136 Å². The average Bonchev–Trinajstić information content (AvgIpc) is 2.67. The summed E-state index contributed by atoms with van der Waals surface area (Å²) in [4.78, 5) is 24.5. The van der Waals surface area contributed by atoms with Crippen molar-refractivity contribution in [1.29, 1.82) is 0 Å². The molecule has 0 bridgehead atoms. The van der Waals surface area contributed by atoms with Gasteiger partial charge in [-0.1, -0.05) is 0 Å². The Hall–Kier alpha value is -1.19. The van der Waals surface area contributed by atoms with Crippen LogP contribution in [0.3, 0.4) is 0 Å². The molecule has 9 heteroatoms. The molecule has 2 amide bonds. The first kappa shape index (κ1) is 15.9. The number of nitrogens with zero attached hydrogens (tertiary/aromatic N) is 1. The van der Waals surface area contributed by atoms with Crippen molar-refractivity contribution in [3.63, 3.8) is 0 Å². The summed E-state index contributed by atoms with van der Waals surface area (Å²) < 4.78 is 24.1. The average molecular weight is 292 g/mol. The molecular formula is C10H20N4O4S. The first-order valence-electron chi connectivity index (χ1n) is 5.98. The van der Waals surface area contributed by atoms with E-state index in [0.29, 0.717) is 12.8 Å². The van der Waals surface area contributed by atoms with E-state index >= 15 is 0 Å². The highest BCUT2D eigenvalue weighted by Gasteiger charge is 2.36. The molecule has 0 aromatic rings. The van der Waals surface area contributed by atoms with Gasteiger partial charge in [-0.15, -0.1) is 0 Å². The first-order chi connectivity index (χ1) is 8.74. The van der Waals surface area contributed by atoms with E-state index in [0.717, 1.165) is 6.26 Å². The van der Waals surface area contributed by atoms with Gasteiger partial charge in [0, 0.05) is 25.0 Å². The van der Waals surface area contributed by atoms with Crippen molar-refractivity contribution in [2.24, 2.45) is 11.5 Å². The number of likely N-dealkylation sites (tertiary alicyclic amines) is 1. The van der Waals surface area contributed by atoms with Crippen LogP contribution in [0.25, 0.3) is 0 Å². The standard InChI is InChI=1S/C10H20N4O4S/c1-19(17,18)13-6-10(16)14-7(4-9(12)15)2-3-8(14)5-11/h7-8,13H,2-6,11H2,1H3,(H2,12,15)/t7-,8+/m1/s1. The summed E-state index contributed by atoms with van der Waals surface area (Å²) in [6.45, 7) is -0.0511. The highest BCUT2D eigenvalue weighted by atomic mass is 32.2. The second kappa shape index (κ2) is 6.31. The summed E-state index contributed by atoms with van der Waals surface area (Å²) in [5, 5.41) is 0. The molecule has 1 aliphatic heterocycles. The van der Waals surface area contributed by atoms with Crippen LogP contribution in [0.1, 0.15) is 19.3 Å². The number of carbonyl (C=O) groups excluding carboxylic acids is 2. The zero-order valence-corrected chi connectivity index (χ0v) is 11.6. The molecule has 0 aromatic carbocycles. The molecule has 1 saturated heterocycles. The summed E-state index contributed by atoms with van der Waals surface area (Å²) in [6, 6.07) is -0.460. The minimum absolute atomic E-state index is 0.0706. The Bertz CT molecular complexity index is 450. The van der Waals surface area contributed by atoms with Crippen molar-refractivity contribution in [2.75, 3.05) is 19.3 Å². The molecule has 0 radical (unpaired) electrons. The van der Waals surface area contributed by atoms with Crippen molar-refractivity contribution >= 4 is 21.8 Å². The fraction of sp³-hybridized carbons (Fsp3) is 0.800. The highest BCUT2D eigenvalue weighted by Crippen LogP contribution is 2.25. The van der Waals surface area contributed by atoms with Gasteiger partial charge in [0.2, 0.25) is 21.8 Å². The number of primary amides is 1. The van der Waals surface area contributed by atoms with Crippen LogP contribution >= 0.6 is 0 Å². The third-order valence-electron chi connectivity index (χ3n) is 3.10. The Morgan fingerprint density at radius 2 is 1.89 bits per heavy atom. The van der Waals surface area contributed by atoms with Crippen LogP contribution in [0.4, 0.5) is 0 Å². The van der Waals surface area contributed by atoms with Gasteiger partial charge in [0.25, 0.3) is 0 Å². The van der Waals surface area contributed by atoms with Crippen LogP contribution in [0.2, 0.25) is 0 Å². The van der Waals surface area contributed by atoms with Gasteiger partial charge in [-0.25, -0.2) is 13.1 Å². The number of sulfonamides is 1. The van der Waals surface area contributed by atoms with Gasteiger partial charge in [-0.3, -0.25) is 9.59 Å². The van der Waals surface area contributed by atoms with Gasteiger partial charge in [0.05, 0.1) is 12.8 Å². The van der Waals surface area contributed by atoms with E-state index in [1.807, 2.05) is 0 Å².